The number of piperazine rings is 1. The molecule has 1 aromatic carbocycles. The van der Waals surface area contributed by atoms with Gasteiger partial charge in [-0.2, -0.15) is 4.31 Å². The lowest BCUT2D eigenvalue weighted by molar-refractivity contribution is -0.384. The molecule has 3 heterocycles. The number of hydrogen-bond donors (Lipinski definition) is 0. The van der Waals surface area contributed by atoms with Crippen LogP contribution >= 0.6 is 0 Å². The summed E-state index contributed by atoms with van der Waals surface area (Å²) >= 11 is 0. The van der Waals surface area contributed by atoms with E-state index in [1.54, 1.807) is 12.4 Å². The molecule has 3 aromatic rings. The van der Waals surface area contributed by atoms with Crippen molar-refractivity contribution in [2.45, 2.75) is 4.90 Å². The normalized spacial score (nSPS) is 15.1. The van der Waals surface area contributed by atoms with Gasteiger partial charge in [-0.3, -0.25) is 15.1 Å². The van der Waals surface area contributed by atoms with Gasteiger partial charge in [0.05, 0.1) is 15.5 Å². The maximum Gasteiger partial charge on any atom is 0.269 e. The number of hydrogen-bond acceptors (Lipinski definition) is 8. The quantitative estimate of drug-likeness (QED) is 0.448. The molecule has 0 unspecified atom stereocenters. The number of pyridine rings is 1. The van der Waals surface area contributed by atoms with Crippen LogP contribution in [0.5, 0.6) is 0 Å². The molecule has 0 amide bonds. The number of nitro benzene ring substituents is 1. The fourth-order valence-electron chi connectivity index (χ4n) is 3.22. The summed E-state index contributed by atoms with van der Waals surface area (Å²) in [7, 11) is -3.71. The van der Waals surface area contributed by atoms with Crippen LogP contribution in [0, 0.1) is 10.1 Å². The van der Waals surface area contributed by atoms with Crippen molar-refractivity contribution in [3.8, 4) is 11.3 Å². The first-order chi connectivity index (χ1) is 14.4. The average Bonchev–Trinajstić information content (AvgIpc) is 2.80. The third-order valence-electron chi connectivity index (χ3n) is 4.87. The molecule has 4 rings (SSSR count). The van der Waals surface area contributed by atoms with Crippen LogP contribution in [-0.2, 0) is 10.0 Å². The van der Waals surface area contributed by atoms with Crippen molar-refractivity contribution >= 4 is 21.5 Å². The lowest BCUT2D eigenvalue weighted by Crippen LogP contribution is -2.48. The topological polar surface area (TPSA) is 122 Å². The fraction of sp³-hybridized carbons (Fsp3) is 0.211. The Morgan fingerprint density at radius 2 is 1.53 bits per heavy atom. The first-order valence-corrected chi connectivity index (χ1v) is 10.6. The maximum atomic E-state index is 12.8. The third kappa shape index (κ3) is 3.98. The van der Waals surface area contributed by atoms with Crippen molar-refractivity contribution < 1.29 is 13.3 Å². The largest absolute Gasteiger partial charge is 0.352 e. The third-order valence-corrected chi connectivity index (χ3v) is 6.79. The molecule has 11 heteroatoms. The second-order valence-electron chi connectivity index (χ2n) is 6.65. The minimum Gasteiger partial charge on any atom is -0.352 e. The van der Waals surface area contributed by atoms with Crippen LogP contribution in [-0.4, -0.2) is 59.0 Å². The predicted octanol–water partition coefficient (Wildman–Crippen LogP) is 1.96. The molecule has 0 atom stereocenters. The molecule has 1 aliphatic rings. The van der Waals surface area contributed by atoms with Gasteiger partial charge in [0.1, 0.15) is 0 Å². The van der Waals surface area contributed by atoms with Gasteiger partial charge >= 0.3 is 0 Å². The van der Waals surface area contributed by atoms with Gasteiger partial charge in [0.15, 0.2) is 5.82 Å². The Hall–Kier alpha value is -3.44. The highest BCUT2D eigenvalue weighted by atomic mass is 32.2. The Labute approximate surface area is 173 Å². The molecule has 1 fully saturated rings. The van der Waals surface area contributed by atoms with Gasteiger partial charge in [-0.15, -0.1) is 10.2 Å². The molecule has 0 spiro atoms. The summed E-state index contributed by atoms with van der Waals surface area (Å²) < 4.78 is 27.0. The standard InChI is InChI=1S/C19H18N6O4S/c26-25(27)16-1-3-17(4-2-16)30(28,29)24-13-11-23(12-14-24)19-6-5-18(21-22-19)15-7-9-20-10-8-15/h1-10H,11-14H2. The predicted molar refractivity (Wildman–Crippen MR) is 109 cm³/mol. The fourth-order valence-corrected chi connectivity index (χ4v) is 4.64. The molecule has 1 aliphatic heterocycles. The lowest BCUT2D eigenvalue weighted by Gasteiger charge is -2.34. The van der Waals surface area contributed by atoms with Crippen molar-refractivity contribution in [2.75, 3.05) is 31.1 Å². The Kier molecular flexibility index (Phi) is 5.38. The molecule has 0 saturated carbocycles. The van der Waals surface area contributed by atoms with Gasteiger partial charge < -0.3 is 4.90 Å². The smallest absolute Gasteiger partial charge is 0.269 e. The van der Waals surface area contributed by atoms with E-state index in [4.69, 9.17) is 0 Å². The Bertz CT molecular complexity index is 1130. The van der Waals surface area contributed by atoms with Crippen LogP contribution in [0.25, 0.3) is 11.3 Å². The van der Waals surface area contributed by atoms with Crippen molar-refractivity contribution in [1.82, 2.24) is 19.5 Å². The molecule has 0 radical (unpaired) electrons. The average molecular weight is 426 g/mol. The zero-order valence-corrected chi connectivity index (χ0v) is 16.6. The summed E-state index contributed by atoms with van der Waals surface area (Å²) in [5, 5.41) is 19.3. The van der Waals surface area contributed by atoms with Gasteiger partial charge in [-0.05, 0) is 36.4 Å². The summed E-state index contributed by atoms with van der Waals surface area (Å²) in [6.07, 6.45) is 3.38. The van der Waals surface area contributed by atoms with E-state index < -0.39 is 14.9 Å². The molecule has 0 bridgehead atoms. The molecule has 10 nitrogen and oxygen atoms in total. The summed E-state index contributed by atoms with van der Waals surface area (Å²) in [5.74, 6) is 0.681. The Balaban J connectivity index is 1.42. The highest BCUT2D eigenvalue weighted by Gasteiger charge is 2.29. The van der Waals surface area contributed by atoms with E-state index in [1.165, 1.54) is 28.6 Å². The van der Waals surface area contributed by atoms with Crippen molar-refractivity contribution in [3.05, 3.63) is 71.0 Å². The number of sulfonamides is 1. The van der Waals surface area contributed by atoms with Crippen LogP contribution < -0.4 is 4.90 Å². The molecule has 154 valence electrons. The first kappa shape index (κ1) is 19.9. The number of anilines is 1. The molecule has 0 N–H and O–H groups in total. The van der Waals surface area contributed by atoms with E-state index in [0.717, 1.165) is 11.3 Å². The number of aromatic nitrogens is 3. The lowest BCUT2D eigenvalue weighted by atomic mass is 10.2. The van der Waals surface area contributed by atoms with Crippen molar-refractivity contribution in [3.63, 3.8) is 0 Å². The molecule has 1 saturated heterocycles. The summed E-state index contributed by atoms with van der Waals surface area (Å²) in [6.45, 7) is 1.51. The summed E-state index contributed by atoms with van der Waals surface area (Å²) in [5.41, 5.74) is 1.51. The Morgan fingerprint density at radius 3 is 2.10 bits per heavy atom. The van der Waals surface area contributed by atoms with E-state index >= 15 is 0 Å². The zero-order valence-electron chi connectivity index (χ0n) is 15.8. The first-order valence-electron chi connectivity index (χ1n) is 9.19. The van der Waals surface area contributed by atoms with E-state index in [2.05, 4.69) is 15.2 Å². The van der Waals surface area contributed by atoms with Gasteiger partial charge in [0, 0.05) is 56.3 Å². The second kappa shape index (κ2) is 8.13. The summed E-state index contributed by atoms with van der Waals surface area (Å²) in [6, 6.07) is 12.4. The van der Waals surface area contributed by atoms with Gasteiger partial charge in [0.25, 0.3) is 5.69 Å². The highest BCUT2D eigenvalue weighted by Crippen LogP contribution is 2.23. The molecular formula is C19H18N6O4S. The number of rotatable bonds is 5. The number of nitrogens with zero attached hydrogens (tertiary/aromatic N) is 6. The van der Waals surface area contributed by atoms with E-state index in [-0.39, 0.29) is 23.7 Å². The number of benzene rings is 1. The number of non-ortho nitro benzene ring substituents is 1. The van der Waals surface area contributed by atoms with Crippen LogP contribution in [0.15, 0.2) is 65.8 Å². The van der Waals surface area contributed by atoms with Crippen LogP contribution in [0.4, 0.5) is 11.5 Å². The molecule has 0 aliphatic carbocycles. The van der Waals surface area contributed by atoms with Crippen LogP contribution in [0.3, 0.4) is 0 Å². The van der Waals surface area contributed by atoms with E-state index in [0.29, 0.717) is 18.9 Å². The second-order valence-corrected chi connectivity index (χ2v) is 8.59. The SMILES string of the molecule is O=[N+]([O-])c1ccc(S(=O)(=O)N2CCN(c3ccc(-c4ccncc4)nn3)CC2)cc1. The van der Waals surface area contributed by atoms with Gasteiger partial charge in [0.2, 0.25) is 10.0 Å². The monoisotopic (exact) mass is 426 g/mol. The number of nitro groups is 1. The minimum atomic E-state index is -3.71. The minimum absolute atomic E-state index is 0.0445. The molecule has 30 heavy (non-hydrogen) atoms. The summed E-state index contributed by atoms with van der Waals surface area (Å²) in [4.78, 5) is 16.2. The van der Waals surface area contributed by atoms with Crippen LogP contribution in [0.1, 0.15) is 0 Å². The van der Waals surface area contributed by atoms with Gasteiger partial charge in [-0.1, -0.05) is 0 Å². The van der Waals surface area contributed by atoms with E-state index in [1.807, 2.05) is 29.2 Å². The van der Waals surface area contributed by atoms with E-state index in [9.17, 15) is 18.5 Å². The van der Waals surface area contributed by atoms with Crippen molar-refractivity contribution in [2.24, 2.45) is 0 Å². The van der Waals surface area contributed by atoms with Gasteiger partial charge in [-0.25, -0.2) is 8.42 Å². The van der Waals surface area contributed by atoms with Crippen molar-refractivity contribution in [1.29, 1.82) is 0 Å². The maximum absolute atomic E-state index is 12.8. The zero-order chi connectivity index (χ0) is 21.1. The van der Waals surface area contributed by atoms with Crippen LogP contribution in [0.2, 0.25) is 0 Å². The Morgan fingerprint density at radius 1 is 0.867 bits per heavy atom. The highest BCUT2D eigenvalue weighted by molar-refractivity contribution is 7.89. The molecular weight excluding hydrogens is 408 g/mol. The molecule has 2 aromatic heterocycles.